The molecule has 0 bridgehead atoms. The van der Waals surface area contributed by atoms with E-state index in [4.69, 9.17) is 0 Å². The molecule has 2 heterocycles. The summed E-state index contributed by atoms with van der Waals surface area (Å²) in [5.74, 6) is 0.353. The highest BCUT2D eigenvalue weighted by molar-refractivity contribution is 7.99. The van der Waals surface area contributed by atoms with Gasteiger partial charge in [0.05, 0.1) is 17.1 Å². The second kappa shape index (κ2) is 10.4. The first-order chi connectivity index (χ1) is 15.6. The van der Waals surface area contributed by atoms with E-state index in [0.29, 0.717) is 5.16 Å². The lowest BCUT2D eigenvalue weighted by Gasteiger charge is -2.27. The first-order valence-corrected chi connectivity index (χ1v) is 11.3. The third-order valence-corrected chi connectivity index (χ3v) is 5.91. The van der Waals surface area contributed by atoms with Gasteiger partial charge in [0.25, 0.3) is 0 Å². The Labute approximate surface area is 188 Å². The van der Waals surface area contributed by atoms with E-state index in [-0.39, 0.29) is 23.1 Å². The van der Waals surface area contributed by atoms with Gasteiger partial charge in [0.1, 0.15) is 5.75 Å². The number of anilines is 2. The molecule has 0 saturated carbocycles. The fourth-order valence-electron chi connectivity index (χ4n) is 3.54. The van der Waals surface area contributed by atoms with Crippen molar-refractivity contribution in [3.8, 4) is 11.4 Å². The monoisotopic (exact) mass is 459 g/mol. The summed E-state index contributed by atoms with van der Waals surface area (Å²) in [6.45, 7) is -1.14. The van der Waals surface area contributed by atoms with Crippen LogP contribution >= 0.6 is 11.8 Å². The van der Waals surface area contributed by atoms with Crippen LogP contribution in [0.25, 0.3) is 5.69 Å². The highest BCUT2D eigenvalue weighted by Crippen LogP contribution is 2.29. The second-order valence-electron chi connectivity index (χ2n) is 7.21. The van der Waals surface area contributed by atoms with Crippen molar-refractivity contribution in [3.05, 3.63) is 54.6 Å². The summed E-state index contributed by atoms with van der Waals surface area (Å²) in [5.41, 5.74) is 1.11. The highest BCUT2D eigenvalue weighted by atomic mass is 32.2. The third-order valence-electron chi connectivity index (χ3n) is 4.98. The van der Waals surface area contributed by atoms with Gasteiger partial charge in [-0.3, -0.25) is 9.36 Å². The molecular formula is C22H23F2N5O2S. The molecule has 1 aromatic heterocycles. The van der Waals surface area contributed by atoms with Crippen LogP contribution < -0.4 is 15.0 Å². The number of carbonyl (C=O) groups is 1. The number of benzene rings is 2. The quantitative estimate of drug-likeness (QED) is 0.497. The molecule has 0 aliphatic carbocycles. The van der Waals surface area contributed by atoms with Crippen LogP contribution in [0, 0.1) is 0 Å². The normalized spacial score (nSPS) is 13.9. The highest BCUT2D eigenvalue weighted by Gasteiger charge is 2.22. The SMILES string of the molecule is O=C(CSc1nnc(N2CCCCC2)n1-c1ccccc1)Nc1ccccc1OC(F)F. The Morgan fingerprint density at radius 1 is 1.03 bits per heavy atom. The van der Waals surface area contributed by atoms with E-state index in [2.05, 4.69) is 25.2 Å². The Balaban J connectivity index is 1.50. The van der Waals surface area contributed by atoms with Crippen molar-refractivity contribution in [2.24, 2.45) is 0 Å². The van der Waals surface area contributed by atoms with Crippen LogP contribution in [0.1, 0.15) is 19.3 Å². The Morgan fingerprint density at radius 3 is 2.50 bits per heavy atom. The van der Waals surface area contributed by atoms with E-state index in [9.17, 15) is 13.6 Å². The van der Waals surface area contributed by atoms with Gasteiger partial charge in [-0.2, -0.15) is 8.78 Å². The number of alkyl halides is 2. The van der Waals surface area contributed by atoms with Crippen LogP contribution in [0.5, 0.6) is 5.75 Å². The molecule has 7 nitrogen and oxygen atoms in total. The number of piperidine rings is 1. The van der Waals surface area contributed by atoms with Crippen LogP contribution in [0.2, 0.25) is 0 Å². The van der Waals surface area contributed by atoms with Crippen molar-refractivity contribution in [3.63, 3.8) is 0 Å². The summed E-state index contributed by atoms with van der Waals surface area (Å²) < 4.78 is 31.6. The number of halogens is 2. The maximum Gasteiger partial charge on any atom is 0.387 e. The zero-order valence-corrected chi connectivity index (χ0v) is 18.1. The van der Waals surface area contributed by atoms with Gasteiger partial charge in [0, 0.05) is 13.1 Å². The molecule has 1 amide bonds. The number of aromatic nitrogens is 3. The Kier molecular flexibility index (Phi) is 7.21. The molecule has 1 N–H and O–H groups in total. The molecule has 1 aliphatic rings. The van der Waals surface area contributed by atoms with E-state index >= 15 is 0 Å². The van der Waals surface area contributed by atoms with Crippen molar-refractivity contribution in [1.29, 1.82) is 0 Å². The summed E-state index contributed by atoms with van der Waals surface area (Å²) in [5, 5.41) is 12.0. The van der Waals surface area contributed by atoms with E-state index in [1.54, 1.807) is 12.1 Å². The molecule has 10 heteroatoms. The lowest BCUT2D eigenvalue weighted by molar-refractivity contribution is -0.113. The minimum atomic E-state index is -2.97. The average Bonchev–Trinajstić information content (AvgIpc) is 3.24. The van der Waals surface area contributed by atoms with Gasteiger partial charge in [-0.05, 0) is 43.5 Å². The average molecular weight is 460 g/mol. The van der Waals surface area contributed by atoms with Gasteiger partial charge in [0.15, 0.2) is 5.16 Å². The number of thioether (sulfide) groups is 1. The molecule has 1 saturated heterocycles. The number of rotatable bonds is 8. The van der Waals surface area contributed by atoms with Crippen molar-refractivity contribution in [2.45, 2.75) is 31.0 Å². The summed E-state index contributed by atoms with van der Waals surface area (Å²) in [6, 6.07) is 15.9. The minimum absolute atomic E-state index is 0.0357. The first-order valence-electron chi connectivity index (χ1n) is 10.3. The predicted octanol–water partition coefficient (Wildman–Crippen LogP) is 4.59. The van der Waals surface area contributed by atoms with Gasteiger partial charge in [0.2, 0.25) is 11.9 Å². The second-order valence-corrected chi connectivity index (χ2v) is 8.16. The molecule has 168 valence electrons. The van der Waals surface area contributed by atoms with Crippen molar-refractivity contribution in [1.82, 2.24) is 14.8 Å². The maximum atomic E-state index is 12.6. The Bertz CT molecular complexity index is 1040. The summed E-state index contributed by atoms with van der Waals surface area (Å²) in [6.07, 6.45) is 3.41. The topological polar surface area (TPSA) is 72.3 Å². The Morgan fingerprint density at radius 2 is 1.75 bits per heavy atom. The largest absolute Gasteiger partial charge is 0.433 e. The predicted molar refractivity (Wildman–Crippen MR) is 120 cm³/mol. The van der Waals surface area contributed by atoms with Crippen LogP contribution in [-0.4, -0.2) is 46.1 Å². The molecule has 0 atom stereocenters. The lowest BCUT2D eigenvalue weighted by atomic mass is 10.1. The number of carbonyl (C=O) groups excluding carboxylic acids is 1. The van der Waals surface area contributed by atoms with Crippen molar-refractivity contribution < 1.29 is 18.3 Å². The van der Waals surface area contributed by atoms with Crippen LogP contribution in [-0.2, 0) is 4.79 Å². The third kappa shape index (κ3) is 5.37. The van der Waals surface area contributed by atoms with Crippen molar-refractivity contribution >= 4 is 29.3 Å². The number of ether oxygens (including phenoxy) is 1. The van der Waals surface area contributed by atoms with Gasteiger partial charge < -0.3 is 15.0 Å². The number of amides is 1. The molecular weight excluding hydrogens is 436 g/mol. The number of nitrogens with zero attached hydrogens (tertiary/aromatic N) is 4. The molecule has 3 aromatic rings. The van der Waals surface area contributed by atoms with Crippen molar-refractivity contribution in [2.75, 3.05) is 29.1 Å². The van der Waals surface area contributed by atoms with Crippen LogP contribution in [0.15, 0.2) is 59.8 Å². The zero-order valence-electron chi connectivity index (χ0n) is 17.3. The fraction of sp³-hybridized carbons (Fsp3) is 0.318. The standard InChI is InChI=1S/C22H23F2N5O2S/c23-20(24)31-18-12-6-5-11-17(18)25-19(30)15-32-22-27-26-21(28-13-7-2-8-14-28)29(22)16-9-3-1-4-10-16/h1,3-6,9-12,20H,2,7-8,13-15H2,(H,25,30). The fourth-order valence-corrected chi connectivity index (χ4v) is 4.29. The summed E-state index contributed by atoms with van der Waals surface area (Å²) >= 11 is 1.24. The number of para-hydroxylation sites is 3. The van der Waals surface area contributed by atoms with E-state index < -0.39 is 6.61 Å². The maximum absolute atomic E-state index is 12.6. The van der Waals surface area contributed by atoms with Crippen LogP contribution in [0.4, 0.5) is 20.4 Å². The van der Waals surface area contributed by atoms with E-state index in [1.807, 2.05) is 34.9 Å². The zero-order chi connectivity index (χ0) is 22.3. The Hall–Kier alpha value is -3.14. The molecule has 4 rings (SSSR count). The van der Waals surface area contributed by atoms with E-state index in [0.717, 1.165) is 37.6 Å². The van der Waals surface area contributed by atoms with Gasteiger partial charge in [-0.1, -0.05) is 42.1 Å². The first kappa shape index (κ1) is 22.1. The molecule has 2 aromatic carbocycles. The number of nitrogens with one attached hydrogen (secondary N) is 1. The molecule has 32 heavy (non-hydrogen) atoms. The summed E-state index contributed by atoms with van der Waals surface area (Å²) in [7, 11) is 0. The molecule has 0 spiro atoms. The number of hydrogen-bond acceptors (Lipinski definition) is 6. The molecule has 0 unspecified atom stereocenters. The molecule has 1 aliphatic heterocycles. The van der Waals surface area contributed by atoms with E-state index in [1.165, 1.54) is 30.3 Å². The van der Waals surface area contributed by atoms with Gasteiger partial charge in [-0.25, -0.2) is 0 Å². The number of hydrogen-bond donors (Lipinski definition) is 1. The lowest BCUT2D eigenvalue weighted by Crippen LogP contribution is -2.31. The smallest absolute Gasteiger partial charge is 0.387 e. The summed E-state index contributed by atoms with van der Waals surface area (Å²) in [4.78, 5) is 14.8. The molecule has 1 fully saturated rings. The van der Waals surface area contributed by atoms with Gasteiger partial charge in [-0.15, -0.1) is 10.2 Å². The molecule has 0 radical (unpaired) electrons. The van der Waals surface area contributed by atoms with Crippen LogP contribution in [0.3, 0.4) is 0 Å². The van der Waals surface area contributed by atoms with Gasteiger partial charge >= 0.3 is 6.61 Å². The minimum Gasteiger partial charge on any atom is -0.433 e.